The van der Waals surface area contributed by atoms with Gasteiger partial charge in [-0.2, -0.15) is 0 Å². The van der Waals surface area contributed by atoms with Crippen LogP contribution in [0.2, 0.25) is 0 Å². The lowest BCUT2D eigenvalue weighted by Gasteiger charge is -2.07. The first-order chi connectivity index (χ1) is 10.7. The topological polar surface area (TPSA) is 35.5 Å². The van der Waals surface area contributed by atoms with Gasteiger partial charge in [-0.1, -0.05) is 55.6 Å². The van der Waals surface area contributed by atoms with Crippen molar-refractivity contribution in [3.8, 4) is 16.9 Å². The van der Waals surface area contributed by atoms with Gasteiger partial charge in [-0.15, -0.1) is 0 Å². The van der Waals surface area contributed by atoms with Gasteiger partial charge in [-0.3, -0.25) is 0 Å². The zero-order valence-corrected chi connectivity index (χ0v) is 12.3. The zero-order valence-electron chi connectivity index (χ0n) is 12.3. The van der Waals surface area contributed by atoms with E-state index >= 15 is 0 Å². The van der Waals surface area contributed by atoms with Gasteiger partial charge in [-0.05, 0) is 28.8 Å². The molecule has 2 aromatic rings. The highest BCUT2D eigenvalue weighted by Crippen LogP contribution is 2.23. The summed E-state index contributed by atoms with van der Waals surface area (Å²) in [6, 6.07) is 15.7. The Labute approximate surface area is 130 Å². The van der Waals surface area contributed by atoms with Crippen molar-refractivity contribution in [3.05, 3.63) is 79.4 Å². The number of rotatable bonds is 7. The first-order valence-corrected chi connectivity index (χ1v) is 6.95. The van der Waals surface area contributed by atoms with Gasteiger partial charge in [0.25, 0.3) is 0 Å². The molecule has 0 aliphatic carbocycles. The van der Waals surface area contributed by atoms with E-state index in [1.807, 2.05) is 48.5 Å². The number of ether oxygens (including phenoxy) is 2. The van der Waals surface area contributed by atoms with E-state index in [0.717, 1.165) is 28.5 Å². The second kappa shape index (κ2) is 7.84. The maximum Gasteiger partial charge on any atom is 0.330 e. The number of carbonyl (C=O) groups excluding carboxylic acids is 1. The molecule has 2 rings (SSSR count). The van der Waals surface area contributed by atoms with Gasteiger partial charge in [0.2, 0.25) is 0 Å². The summed E-state index contributed by atoms with van der Waals surface area (Å²) in [5, 5.41) is 0. The average molecular weight is 294 g/mol. The summed E-state index contributed by atoms with van der Waals surface area (Å²) in [6.45, 7) is 7.73. The number of carbonyl (C=O) groups is 1. The van der Waals surface area contributed by atoms with Crippen LogP contribution in [0.25, 0.3) is 11.1 Å². The van der Waals surface area contributed by atoms with Crippen molar-refractivity contribution in [2.75, 3.05) is 6.61 Å². The highest BCUT2D eigenvalue weighted by Gasteiger charge is 2.01. The quantitative estimate of drug-likeness (QED) is 0.437. The summed E-state index contributed by atoms with van der Waals surface area (Å²) in [7, 11) is 0. The normalized spacial score (nSPS) is 9.82. The molecule has 0 amide bonds. The van der Waals surface area contributed by atoms with Crippen LogP contribution in [0.1, 0.15) is 5.56 Å². The molecule has 0 radical (unpaired) electrons. The first-order valence-electron chi connectivity index (χ1n) is 6.95. The maximum atomic E-state index is 11.0. The highest BCUT2D eigenvalue weighted by atomic mass is 16.5. The van der Waals surface area contributed by atoms with Crippen LogP contribution in [0.4, 0.5) is 0 Å². The summed E-state index contributed by atoms with van der Waals surface area (Å²) in [5.41, 5.74) is 3.12. The number of hydrogen-bond acceptors (Lipinski definition) is 3. The van der Waals surface area contributed by atoms with Gasteiger partial charge in [0.1, 0.15) is 19.0 Å². The first kappa shape index (κ1) is 15.6. The molecular weight excluding hydrogens is 276 g/mol. The Morgan fingerprint density at radius 1 is 0.955 bits per heavy atom. The molecule has 3 heteroatoms. The van der Waals surface area contributed by atoms with Gasteiger partial charge in [0.15, 0.2) is 0 Å². The molecule has 22 heavy (non-hydrogen) atoms. The van der Waals surface area contributed by atoms with Crippen LogP contribution in [0.5, 0.6) is 5.75 Å². The molecule has 0 fully saturated rings. The highest BCUT2D eigenvalue weighted by molar-refractivity contribution is 5.81. The average Bonchev–Trinajstić information content (AvgIpc) is 2.58. The lowest BCUT2D eigenvalue weighted by molar-refractivity contribution is -0.138. The van der Waals surface area contributed by atoms with Crippen molar-refractivity contribution in [1.82, 2.24) is 0 Å². The molecule has 0 spiro atoms. The molecule has 3 nitrogen and oxygen atoms in total. The molecule has 0 unspecified atom stereocenters. The standard InChI is InChI=1S/C19H18O3/c1-3-13-21-18-11-9-17(10-12-18)16-7-5-15(6-8-16)14-22-19(20)4-2/h3-12H,1-2,13-14H2. The fourth-order valence-corrected chi connectivity index (χ4v) is 1.91. The Hall–Kier alpha value is -2.81. The van der Waals surface area contributed by atoms with Crippen molar-refractivity contribution in [1.29, 1.82) is 0 Å². The molecule has 112 valence electrons. The predicted octanol–water partition coefficient (Wildman–Crippen LogP) is 4.15. The number of hydrogen-bond donors (Lipinski definition) is 0. The van der Waals surface area contributed by atoms with Crippen molar-refractivity contribution < 1.29 is 14.3 Å². The second-order valence-corrected chi connectivity index (χ2v) is 4.63. The zero-order chi connectivity index (χ0) is 15.8. The second-order valence-electron chi connectivity index (χ2n) is 4.63. The molecule has 0 bridgehead atoms. The molecule has 0 saturated carbocycles. The smallest absolute Gasteiger partial charge is 0.330 e. The number of esters is 1. The van der Waals surface area contributed by atoms with E-state index in [4.69, 9.17) is 9.47 Å². The molecule has 0 N–H and O–H groups in total. The Morgan fingerprint density at radius 2 is 1.55 bits per heavy atom. The minimum absolute atomic E-state index is 0.249. The Morgan fingerprint density at radius 3 is 2.09 bits per heavy atom. The van der Waals surface area contributed by atoms with Crippen LogP contribution in [0.3, 0.4) is 0 Å². The Kier molecular flexibility index (Phi) is 5.55. The monoisotopic (exact) mass is 294 g/mol. The van der Waals surface area contributed by atoms with Crippen LogP contribution in [0, 0.1) is 0 Å². The third-order valence-electron chi connectivity index (χ3n) is 3.06. The van der Waals surface area contributed by atoms with Gasteiger partial charge < -0.3 is 9.47 Å². The lowest BCUT2D eigenvalue weighted by Crippen LogP contribution is -1.99. The van der Waals surface area contributed by atoms with Crippen molar-refractivity contribution in [2.45, 2.75) is 6.61 Å². The van der Waals surface area contributed by atoms with Crippen molar-refractivity contribution in [2.24, 2.45) is 0 Å². The molecule has 0 aliphatic heterocycles. The van der Waals surface area contributed by atoms with Gasteiger partial charge in [-0.25, -0.2) is 4.79 Å². The third kappa shape index (κ3) is 4.35. The minimum atomic E-state index is -0.417. The van der Waals surface area contributed by atoms with Crippen LogP contribution >= 0.6 is 0 Å². The molecule has 0 saturated heterocycles. The van der Waals surface area contributed by atoms with Crippen LogP contribution in [0.15, 0.2) is 73.8 Å². The van der Waals surface area contributed by atoms with E-state index < -0.39 is 5.97 Å². The van der Waals surface area contributed by atoms with E-state index in [9.17, 15) is 4.79 Å². The summed E-state index contributed by atoms with van der Waals surface area (Å²) in [5.74, 6) is 0.399. The van der Waals surface area contributed by atoms with E-state index in [2.05, 4.69) is 13.2 Å². The lowest BCUT2D eigenvalue weighted by atomic mass is 10.0. The SMILES string of the molecule is C=CCOc1ccc(-c2ccc(COC(=O)C=C)cc2)cc1. The maximum absolute atomic E-state index is 11.0. The Bertz CT molecular complexity index is 639. The van der Waals surface area contributed by atoms with Gasteiger partial charge in [0, 0.05) is 6.08 Å². The van der Waals surface area contributed by atoms with Crippen LogP contribution < -0.4 is 4.74 Å². The number of benzene rings is 2. The van der Waals surface area contributed by atoms with Crippen LogP contribution in [-0.2, 0) is 16.1 Å². The summed E-state index contributed by atoms with van der Waals surface area (Å²) in [4.78, 5) is 11.0. The summed E-state index contributed by atoms with van der Waals surface area (Å²) >= 11 is 0. The summed E-state index contributed by atoms with van der Waals surface area (Å²) < 4.78 is 10.4. The van der Waals surface area contributed by atoms with Crippen molar-refractivity contribution in [3.63, 3.8) is 0 Å². The van der Waals surface area contributed by atoms with Gasteiger partial charge in [0.05, 0.1) is 0 Å². The minimum Gasteiger partial charge on any atom is -0.490 e. The van der Waals surface area contributed by atoms with Gasteiger partial charge >= 0.3 is 5.97 Å². The van der Waals surface area contributed by atoms with Crippen molar-refractivity contribution >= 4 is 5.97 Å². The Balaban J connectivity index is 2.01. The molecule has 0 atom stereocenters. The molecule has 0 aliphatic rings. The molecular formula is C19H18O3. The third-order valence-corrected chi connectivity index (χ3v) is 3.06. The predicted molar refractivity (Wildman–Crippen MR) is 87.6 cm³/mol. The van der Waals surface area contributed by atoms with Crippen LogP contribution in [-0.4, -0.2) is 12.6 Å². The molecule has 0 heterocycles. The fraction of sp³-hybridized carbons (Fsp3) is 0.105. The fourth-order valence-electron chi connectivity index (χ4n) is 1.91. The molecule has 0 aromatic heterocycles. The van der Waals surface area contributed by atoms with E-state index in [0.29, 0.717) is 6.61 Å². The van der Waals surface area contributed by atoms with E-state index in [-0.39, 0.29) is 6.61 Å². The van der Waals surface area contributed by atoms with E-state index in [1.165, 1.54) is 0 Å². The van der Waals surface area contributed by atoms with E-state index in [1.54, 1.807) is 6.08 Å². The summed E-state index contributed by atoms with van der Waals surface area (Å²) in [6.07, 6.45) is 2.87. The molecule has 2 aromatic carbocycles. The largest absolute Gasteiger partial charge is 0.490 e.